The second-order valence-corrected chi connectivity index (χ2v) is 4.65. The van der Waals surface area contributed by atoms with Gasteiger partial charge in [-0.05, 0) is 42.2 Å². The fraction of sp³-hybridized carbons (Fsp3) is 0.167. The van der Waals surface area contributed by atoms with Crippen LogP contribution in [-0.4, -0.2) is 13.0 Å². The molecular weight excluding hydrogens is 262 g/mol. The summed E-state index contributed by atoms with van der Waals surface area (Å²) in [6.07, 6.45) is 11.1. The summed E-state index contributed by atoms with van der Waals surface area (Å²) in [7, 11) is 1.63. The van der Waals surface area contributed by atoms with E-state index in [1.165, 1.54) is 6.08 Å². The standard InChI is InChI=1S/C18H19NO2/c1-3-15-6-4-5-7-17(15)19-18(20)13-10-14-8-11-16(21-2)12-9-14/h3,6-13H,1,4-5H2,2H3,(H,19,20)/b13-10+. The number of carbonyl (C=O) groups is 1. The zero-order chi connectivity index (χ0) is 15.1. The first-order valence-electron chi connectivity index (χ1n) is 6.89. The van der Waals surface area contributed by atoms with E-state index >= 15 is 0 Å². The molecule has 0 fully saturated rings. The molecule has 1 amide bonds. The predicted octanol–water partition coefficient (Wildman–Crippen LogP) is 3.61. The molecule has 0 spiro atoms. The van der Waals surface area contributed by atoms with Gasteiger partial charge in [0.1, 0.15) is 5.75 Å². The number of methoxy groups -OCH3 is 1. The summed E-state index contributed by atoms with van der Waals surface area (Å²) in [5.41, 5.74) is 2.76. The number of benzene rings is 1. The average molecular weight is 281 g/mol. The van der Waals surface area contributed by atoms with E-state index < -0.39 is 0 Å². The van der Waals surface area contributed by atoms with Gasteiger partial charge in [0.2, 0.25) is 5.91 Å². The highest BCUT2D eigenvalue weighted by Gasteiger charge is 2.07. The van der Waals surface area contributed by atoms with Crippen molar-refractivity contribution >= 4 is 12.0 Å². The molecule has 21 heavy (non-hydrogen) atoms. The van der Waals surface area contributed by atoms with Gasteiger partial charge < -0.3 is 10.1 Å². The number of nitrogens with one attached hydrogen (secondary N) is 1. The molecule has 0 saturated heterocycles. The maximum absolute atomic E-state index is 11.9. The van der Waals surface area contributed by atoms with E-state index in [-0.39, 0.29) is 5.91 Å². The molecule has 0 aromatic heterocycles. The van der Waals surface area contributed by atoms with Gasteiger partial charge in [-0.25, -0.2) is 0 Å². The quantitative estimate of drug-likeness (QED) is 0.837. The second-order valence-electron chi connectivity index (χ2n) is 4.65. The molecule has 1 aliphatic carbocycles. The zero-order valence-corrected chi connectivity index (χ0v) is 12.1. The molecule has 108 valence electrons. The Hall–Kier alpha value is -2.55. The predicted molar refractivity (Wildman–Crippen MR) is 85.8 cm³/mol. The summed E-state index contributed by atoms with van der Waals surface area (Å²) < 4.78 is 5.09. The van der Waals surface area contributed by atoms with Crippen LogP contribution < -0.4 is 10.1 Å². The molecule has 1 aromatic rings. The van der Waals surface area contributed by atoms with Gasteiger partial charge >= 0.3 is 0 Å². The number of carbonyl (C=O) groups excluding carboxylic acids is 1. The smallest absolute Gasteiger partial charge is 0.248 e. The molecule has 1 aromatic carbocycles. The Balaban J connectivity index is 1.97. The molecule has 1 aliphatic rings. The van der Waals surface area contributed by atoms with E-state index in [0.29, 0.717) is 0 Å². The first kappa shape index (κ1) is 14.9. The Morgan fingerprint density at radius 2 is 1.95 bits per heavy atom. The van der Waals surface area contributed by atoms with Gasteiger partial charge in [-0.3, -0.25) is 4.79 Å². The van der Waals surface area contributed by atoms with Gasteiger partial charge in [-0.1, -0.05) is 36.9 Å². The fourth-order valence-corrected chi connectivity index (χ4v) is 2.07. The van der Waals surface area contributed by atoms with Crippen LogP contribution in [0.3, 0.4) is 0 Å². The van der Waals surface area contributed by atoms with E-state index in [9.17, 15) is 4.79 Å². The third kappa shape index (κ3) is 4.21. The van der Waals surface area contributed by atoms with Crippen LogP contribution in [0.4, 0.5) is 0 Å². The maximum atomic E-state index is 11.9. The second kappa shape index (κ2) is 7.29. The summed E-state index contributed by atoms with van der Waals surface area (Å²) in [6.45, 7) is 3.76. The van der Waals surface area contributed by atoms with E-state index in [1.54, 1.807) is 19.3 Å². The minimum atomic E-state index is -0.147. The number of amides is 1. The number of ether oxygens (including phenoxy) is 1. The van der Waals surface area contributed by atoms with Gasteiger partial charge in [0.15, 0.2) is 0 Å². The van der Waals surface area contributed by atoms with Crippen LogP contribution in [0.5, 0.6) is 5.75 Å². The fourth-order valence-electron chi connectivity index (χ4n) is 2.07. The van der Waals surface area contributed by atoms with Gasteiger partial charge in [0, 0.05) is 11.8 Å². The molecule has 0 saturated carbocycles. The largest absolute Gasteiger partial charge is 0.497 e. The number of hydrogen-bond acceptors (Lipinski definition) is 2. The van der Waals surface area contributed by atoms with Crippen LogP contribution in [0.25, 0.3) is 6.08 Å². The normalized spacial score (nSPS) is 14.3. The average Bonchev–Trinajstić information content (AvgIpc) is 2.54. The molecule has 0 aliphatic heterocycles. The SMILES string of the molecule is C=CC1=CCCC=C1NC(=O)/C=C/c1ccc(OC)cc1. The third-order valence-corrected chi connectivity index (χ3v) is 3.21. The van der Waals surface area contributed by atoms with E-state index in [2.05, 4.69) is 18.0 Å². The summed E-state index contributed by atoms with van der Waals surface area (Å²) in [4.78, 5) is 11.9. The molecule has 0 bridgehead atoms. The molecule has 3 heteroatoms. The molecule has 0 unspecified atom stereocenters. The Morgan fingerprint density at radius 1 is 1.24 bits per heavy atom. The Morgan fingerprint density at radius 3 is 2.62 bits per heavy atom. The minimum absolute atomic E-state index is 0.147. The van der Waals surface area contributed by atoms with Crippen LogP contribution >= 0.6 is 0 Å². The van der Waals surface area contributed by atoms with Crippen molar-refractivity contribution < 1.29 is 9.53 Å². The van der Waals surface area contributed by atoms with Crippen LogP contribution in [0.15, 0.2) is 66.4 Å². The summed E-state index contributed by atoms with van der Waals surface area (Å²) in [5, 5.41) is 2.88. The van der Waals surface area contributed by atoms with Crippen molar-refractivity contribution in [1.82, 2.24) is 5.32 Å². The van der Waals surface area contributed by atoms with Crippen molar-refractivity contribution in [2.24, 2.45) is 0 Å². The lowest BCUT2D eigenvalue weighted by Crippen LogP contribution is -2.22. The number of allylic oxidation sites excluding steroid dienone is 3. The number of rotatable bonds is 5. The Kier molecular flexibility index (Phi) is 5.16. The molecule has 2 rings (SSSR count). The molecule has 0 atom stereocenters. The first-order valence-corrected chi connectivity index (χ1v) is 6.89. The van der Waals surface area contributed by atoms with Crippen molar-refractivity contribution in [1.29, 1.82) is 0 Å². The number of hydrogen-bond donors (Lipinski definition) is 1. The van der Waals surface area contributed by atoms with Crippen LogP contribution in [0.2, 0.25) is 0 Å². The van der Waals surface area contributed by atoms with Crippen molar-refractivity contribution in [3.8, 4) is 5.75 Å². The van der Waals surface area contributed by atoms with Crippen molar-refractivity contribution in [3.05, 3.63) is 72.0 Å². The Labute approximate surface area is 125 Å². The summed E-state index contributed by atoms with van der Waals surface area (Å²) >= 11 is 0. The highest BCUT2D eigenvalue weighted by Crippen LogP contribution is 2.17. The maximum Gasteiger partial charge on any atom is 0.248 e. The van der Waals surface area contributed by atoms with Crippen molar-refractivity contribution in [2.75, 3.05) is 7.11 Å². The molecule has 0 radical (unpaired) electrons. The minimum Gasteiger partial charge on any atom is -0.497 e. The summed E-state index contributed by atoms with van der Waals surface area (Å²) in [5.74, 6) is 0.649. The third-order valence-electron chi connectivity index (χ3n) is 3.21. The molecule has 3 nitrogen and oxygen atoms in total. The van der Waals surface area contributed by atoms with Gasteiger partial charge in [0.05, 0.1) is 7.11 Å². The Bertz CT molecular complexity index is 607. The highest BCUT2D eigenvalue weighted by atomic mass is 16.5. The topological polar surface area (TPSA) is 38.3 Å². The summed E-state index contributed by atoms with van der Waals surface area (Å²) in [6, 6.07) is 7.52. The molecule has 0 heterocycles. The molecule has 1 N–H and O–H groups in total. The first-order chi connectivity index (χ1) is 10.2. The lowest BCUT2D eigenvalue weighted by molar-refractivity contribution is -0.115. The molecular formula is C18H19NO2. The highest BCUT2D eigenvalue weighted by molar-refractivity contribution is 5.93. The van der Waals surface area contributed by atoms with Gasteiger partial charge in [0.25, 0.3) is 0 Å². The van der Waals surface area contributed by atoms with Crippen LogP contribution in [-0.2, 0) is 4.79 Å². The lowest BCUT2D eigenvalue weighted by Gasteiger charge is -2.13. The monoisotopic (exact) mass is 281 g/mol. The van der Waals surface area contributed by atoms with Crippen molar-refractivity contribution in [3.63, 3.8) is 0 Å². The van der Waals surface area contributed by atoms with E-state index in [4.69, 9.17) is 4.74 Å². The van der Waals surface area contributed by atoms with Crippen molar-refractivity contribution in [2.45, 2.75) is 12.8 Å². The lowest BCUT2D eigenvalue weighted by atomic mass is 10.0. The van der Waals surface area contributed by atoms with E-state index in [1.807, 2.05) is 30.3 Å². The van der Waals surface area contributed by atoms with Gasteiger partial charge in [-0.2, -0.15) is 0 Å². The van der Waals surface area contributed by atoms with Gasteiger partial charge in [-0.15, -0.1) is 0 Å². The van der Waals surface area contributed by atoms with Crippen LogP contribution in [0.1, 0.15) is 18.4 Å². The van der Waals surface area contributed by atoms with E-state index in [0.717, 1.165) is 35.4 Å². The zero-order valence-electron chi connectivity index (χ0n) is 12.1. The van der Waals surface area contributed by atoms with Crippen LogP contribution in [0, 0.1) is 0 Å².